The van der Waals surface area contributed by atoms with Crippen molar-refractivity contribution in [1.82, 2.24) is 4.98 Å². The molecule has 0 unspecified atom stereocenters. The van der Waals surface area contributed by atoms with Crippen molar-refractivity contribution in [3.63, 3.8) is 0 Å². The molecule has 19 heavy (non-hydrogen) atoms. The number of aromatic nitrogens is 1. The number of anilines is 2. The molecule has 0 fully saturated rings. The summed E-state index contributed by atoms with van der Waals surface area (Å²) in [4.78, 5) is 26.5. The molecule has 0 atom stereocenters. The molecular formula is C12H13N3O3S. The largest absolute Gasteiger partial charge is 0.450 e. The number of nitrogens with zero attached hydrogens (tertiary/aromatic N) is 1. The van der Waals surface area contributed by atoms with Crippen molar-refractivity contribution < 1.29 is 14.3 Å². The fourth-order valence-corrected chi connectivity index (χ4v) is 2.40. The van der Waals surface area contributed by atoms with Crippen LogP contribution < -0.4 is 10.6 Å². The van der Waals surface area contributed by atoms with Crippen molar-refractivity contribution >= 4 is 44.4 Å². The standard InChI is InChI=1S/C12H13N3O3S/c1-3-18-12(17)15-11-14-9-5-4-8(13-7(2)16)6-10(9)19-11/h4-6H,3H2,1-2H3,(H,13,16)(H,14,15,17). The lowest BCUT2D eigenvalue weighted by molar-refractivity contribution is -0.114. The number of rotatable bonds is 3. The Morgan fingerprint density at radius 1 is 1.37 bits per heavy atom. The van der Waals surface area contributed by atoms with E-state index in [1.54, 1.807) is 19.1 Å². The number of carbonyl (C=O) groups excluding carboxylic acids is 2. The van der Waals surface area contributed by atoms with E-state index in [1.807, 2.05) is 6.07 Å². The molecule has 2 amide bonds. The molecule has 1 aromatic carbocycles. The number of hydrogen-bond acceptors (Lipinski definition) is 5. The first kappa shape index (κ1) is 13.3. The molecule has 2 aromatic rings. The molecule has 1 heterocycles. The second kappa shape index (κ2) is 5.66. The highest BCUT2D eigenvalue weighted by atomic mass is 32.1. The summed E-state index contributed by atoms with van der Waals surface area (Å²) >= 11 is 1.32. The van der Waals surface area contributed by atoms with Crippen LogP contribution in [0.2, 0.25) is 0 Å². The molecule has 0 spiro atoms. The van der Waals surface area contributed by atoms with Crippen LogP contribution >= 0.6 is 11.3 Å². The third-order valence-corrected chi connectivity index (χ3v) is 3.13. The number of carbonyl (C=O) groups is 2. The van der Waals surface area contributed by atoms with Crippen molar-refractivity contribution in [2.75, 3.05) is 17.2 Å². The maximum atomic E-state index is 11.3. The van der Waals surface area contributed by atoms with Crippen molar-refractivity contribution in [2.45, 2.75) is 13.8 Å². The zero-order valence-corrected chi connectivity index (χ0v) is 11.3. The monoisotopic (exact) mass is 279 g/mol. The van der Waals surface area contributed by atoms with Crippen LogP contribution in [0.4, 0.5) is 15.6 Å². The molecular weight excluding hydrogens is 266 g/mol. The number of fused-ring (bicyclic) bond motifs is 1. The average Bonchev–Trinajstić information content (AvgIpc) is 2.69. The summed E-state index contributed by atoms with van der Waals surface area (Å²) in [7, 11) is 0. The van der Waals surface area contributed by atoms with Gasteiger partial charge in [0.05, 0.1) is 16.8 Å². The summed E-state index contributed by atoms with van der Waals surface area (Å²) in [6, 6.07) is 5.36. The first-order valence-electron chi connectivity index (χ1n) is 5.70. The molecule has 0 aliphatic rings. The lowest BCUT2D eigenvalue weighted by atomic mass is 10.3. The molecule has 0 aliphatic carbocycles. The Kier molecular flexibility index (Phi) is 3.96. The van der Waals surface area contributed by atoms with Crippen LogP contribution in [-0.2, 0) is 9.53 Å². The minimum Gasteiger partial charge on any atom is -0.450 e. The van der Waals surface area contributed by atoms with Gasteiger partial charge in [-0.3, -0.25) is 10.1 Å². The number of nitrogens with one attached hydrogen (secondary N) is 2. The van der Waals surface area contributed by atoms with Gasteiger partial charge in [0, 0.05) is 12.6 Å². The Morgan fingerprint density at radius 3 is 2.84 bits per heavy atom. The fraction of sp³-hybridized carbons (Fsp3) is 0.250. The second-order valence-corrected chi connectivity index (χ2v) is 4.76. The quantitative estimate of drug-likeness (QED) is 0.905. The lowest BCUT2D eigenvalue weighted by Crippen LogP contribution is -2.12. The van der Waals surface area contributed by atoms with Gasteiger partial charge in [-0.1, -0.05) is 11.3 Å². The Hall–Kier alpha value is -2.15. The average molecular weight is 279 g/mol. The van der Waals surface area contributed by atoms with Gasteiger partial charge in [-0.15, -0.1) is 0 Å². The molecule has 0 radical (unpaired) electrons. The Morgan fingerprint density at radius 2 is 2.16 bits per heavy atom. The van der Waals surface area contributed by atoms with E-state index in [1.165, 1.54) is 18.3 Å². The topological polar surface area (TPSA) is 80.3 Å². The number of ether oxygens (including phenoxy) is 1. The molecule has 0 aliphatic heterocycles. The van der Waals surface area contributed by atoms with Gasteiger partial charge >= 0.3 is 6.09 Å². The van der Waals surface area contributed by atoms with Crippen LogP contribution in [0.1, 0.15) is 13.8 Å². The molecule has 2 rings (SSSR count). The molecule has 6 nitrogen and oxygen atoms in total. The second-order valence-electron chi connectivity index (χ2n) is 3.73. The van der Waals surface area contributed by atoms with Gasteiger partial charge in [0.25, 0.3) is 0 Å². The minimum atomic E-state index is -0.524. The molecule has 2 N–H and O–H groups in total. The van der Waals surface area contributed by atoms with E-state index in [9.17, 15) is 9.59 Å². The molecule has 0 saturated carbocycles. The third kappa shape index (κ3) is 3.41. The zero-order chi connectivity index (χ0) is 13.8. The molecule has 0 saturated heterocycles. The van der Waals surface area contributed by atoms with Gasteiger partial charge in [0.1, 0.15) is 0 Å². The van der Waals surface area contributed by atoms with E-state index in [4.69, 9.17) is 4.74 Å². The lowest BCUT2D eigenvalue weighted by Gasteiger charge is -1.99. The number of hydrogen-bond donors (Lipinski definition) is 2. The highest BCUT2D eigenvalue weighted by Crippen LogP contribution is 2.28. The van der Waals surface area contributed by atoms with Gasteiger partial charge in [0.2, 0.25) is 5.91 Å². The van der Waals surface area contributed by atoms with Crippen LogP contribution in [0.5, 0.6) is 0 Å². The first-order valence-corrected chi connectivity index (χ1v) is 6.52. The predicted molar refractivity (Wildman–Crippen MR) is 74.6 cm³/mol. The van der Waals surface area contributed by atoms with Crippen molar-refractivity contribution in [2.24, 2.45) is 0 Å². The van der Waals surface area contributed by atoms with Gasteiger partial charge in [0.15, 0.2) is 5.13 Å². The van der Waals surface area contributed by atoms with Crippen LogP contribution in [0.3, 0.4) is 0 Å². The third-order valence-electron chi connectivity index (χ3n) is 2.19. The van der Waals surface area contributed by atoms with E-state index in [2.05, 4.69) is 15.6 Å². The minimum absolute atomic E-state index is 0.131. The zero-order valence-electron chi connectivity index (χ0n) is 10.5. The van der Waals surface area contributed by atoms with E-state index in [0.717, 1.165) is 10.2 Å². The summed E-state index contributed by atoms with van der Waals surface area (Å²) in [5.74, 6) is -0.131. The smallest absolute Gasteiger partial charge is 0.413 e. The van der Waals surface area contributed by atoms with Crippen molar-refractivity contribution in [1.29, 1.82) is 0 Å². The Balaban J connectivity index is 2.20. The van der Waals surface area contributed by atoms with Crippen LogP contribution in [0.15, 0.2) is 18.2 Å². The Bertz CT molecular complexity index is 624. The fourth-order valence-electron chi connectivity index (χ4n) is 1.51. The van der Waals surface area contributed by atoms with E-state index in [-0.39, 0.29) is 5.91 Å². The van der Waals surface area contributed by atoms with E-state index in [0.29, 0.717) is 17.4 Å². The van der Waals surface area contributed by atoms with E-state index >= 15 is 0 Å². The van der Waals surface area contributed by atoms with Crippen LogP contribution in [0, 0.1) is 0 Å². The van der Waals surface area contributed by atoms with E-state index < -0.39 is 6.09 Å². The summed E-state index contributed by atoms with van der Waals surface area (Å²) in [6.45, 7) is 3.49. The summed E-state index contributed by atoms with van der Waals surface area (Å²) in [6.07, 6.45) is -0.524. The summed E-state index contributed by atoms with van der Waals surface area (Å²) in [5, 5.41) is 5.71. The number of benzene rings is 1. The van der Waals surface area contributed by atoms with Crippen molar-refractivity contribution in [3.05, 3.63) is 18.2 Å². The maximum Gasteiger partial charge on any atom is 0.413 e. The normalized spacial score (nSPS) is 10.2. The highest BCUT2D eigenvalue weighted by Gasteiger charge is 2.08. The SMILES string of the molecule is CCOC(=O)Nc1nc2ccc(NC(C)=O)cc2s1. The van der Waals surface area contributed by atoms with Gasteiger partial charge in [-0.25, -0.2) is 9.78 Å². The summed E-state index contributed by atoms with van der Waals surface area (Å²) < 4.78 is 5.65. The van der Waals surface area contributed by atoms with Crippen LogP contribution in [0.25, 0.3) is 10.2 Å². The summed E-state index contributed by atoms with van der Waals surface area (Å²) in [5.41, 5.74) is 1.46. The number of amides is 2. The van der Waals surface area contributed by atoms with Crippen LogP contribution in [-0.4, -0.2) is 23.6 Å². The molecule has 0 bridgehead atoms. The van der Waals surface area contributed by atoms with Gasteiger partial charge < -0.3 is 10.1 Å². The first-order chi connectivity index (χ1) is 9.08. The van der Waals surface area contributed by atoms with Gasteiger partial charge in [-0.05, 0) is 25.1 Å². The predicted octanol–water partition coefficient (Wildman–Crippen LogP) is 2.82. The Labute approximate surface area is 113 Å². The maximum absolute atomic E-state index is 11.3. The molecule has 7 heteroatoms. The van der Waals surface area contributed by atoms with Gasteiger partial charge in [-0.2, -0.15) is 0 Å². The molecule has 1 aromatic heterocycles. The highest BCUT2D eigenvalue weighted by molar-refractivity contribution is 7.22. The number of thiazole rings is 1. The molecule has 100 valence electrons. The van der Waals surface area contributed by atoms with Crippen molar-refractivity contribution in [3.8, 4) is 0 Å².